The van der Waals surface area contributed by atoms with Crippen molar-refractivity contribution in [2.45, 2.75) is 31.4 Å². The fraction of sp³-hybridized carbons (Fsp3) is 0.450. The molecule has 1 aromatic carbocycles. The first-order valence-corrected chi connectivity index (χ1v) is 9.53. The lowest BCUT2D eigenvalue weighted by atomic mass is 9.85. The highest BCUT2D eigenvalue weighted by atomic mass is 35.5. The zero-order valence-corrected chi connectivity index (χ0v) is 15.9. The van der Waals surface area contributed by atoms with Gasteiger partial charge in [0.25, 0.3) is 0 Å². The Hall–Kier alpha value is -1.92. The number of halogens is 3. The number of piperidine rings is 1. The van der Waals surface area contributed by atoms with Gasteiger partial charge in [0, 0.05) is 56.1 Å². The number of hydrogen-bond acceptors (Lipinski definition) is 4. The van der Waals surface area contributed by atoms with Gasteiger partial charge in [0.1, 0.15) is 29.3 Å². The van der Waals surface area contributed by atoms with Gasteiger partial charge in [0.05, 0.1) is 5.02 Å². The molecule has 2 aromatic rings. The Morgan fingerprint density at radius 1 is 1.19 bits per heavy atom. The molecule has 0 amide bonds. The molecule has 1 aromatic heterocycles. The summed E-state index contributed by atoms with van der Waals surface area (Å²) in [6, 6.07) is 7.15. The van der Waals surface area contributed by atoms with Crippen molar-refractivity contribution in [1.29, 1.82) is 0 Å². The van der Waals surface area contributed by atoms with E-state index in [1.165, 1.54) is 12.1 Å². The van der Waals surface area contributed by atoms with Crippen LogP contribution < -0.4 is 9.64 Å². The van der Waals surface area contributed by atoms with Crippen LogP contribution in [0.2, 0.25) is 5.02 Å². The molecule has 2 aliphatic rings. The Labute approximate surface area is 162 Å². The van der Waals surface area contributed by atoms with Gasteiger partial charge in [-0.3, -0.25) is 4.90 Å². The molecule has 0 radical (unpaired) electrons. The molecule has 0 aliphatic carbocycles. The van der Waals surface area contributed by atoms with Crippen LogP contribution >= 0.6 is 11.6 Å². The second-order valence-corrected chi connectivity index (χ2v) is 8.02. The summed E-state index contributed by atoms with van der Waals surface area (Å²) in [5.41, 5.74) is 0.0205. The van der Waals surface area contributed by atoms with Gasteiger partial charge in [-0.15, -0.1) is 0 Å². The van der Waals surface area contributed by atoms with E-state index in [-0.39, 0.29) is 17.4 Å². The lowest BCUT2D eigenvalue weighted by molar-refractivity contribution is -0.00971. The zero-order chi connectivity index (χ0) is 19.0. The average molecular weight is 394 g/mol. The topological polar surface area (TPSA) is 28.6 Å². The van der Waals surface area contributed by atoms with Crippen LogP contribution in [0.25, 0.3) is 0 Å². The third-order valence-corrected chi connectivity index (χ3v) is 5.76. The van der Waals surface area contributed by atoms with Gasteiger partial charge in [-0.2, -0.15) is 0 Å². The second-order valence-electron chi connectivity index (χ2n) is 7.58. The van der Waals surface area contributed by atoms with Crippen LogP contribution in [0.1, 0.15) is 19.8 Å². The van der Waals surface area contributed by atoms with Crippen LogP contribution in [-0.2, 0) is 0 Å². The van der Waals surface area contributed by atoms with Gasteiger partial charge in [-0.1, -0.05) is 11.6 Å². The molecule has 144 valence electrons. The molecule has 2 aliphatic heterocycles. The first-order valence-electron chi connectivity index (χ1n) is 9.16. The summed E-state index contributed by atoms with van der Waals surface area (Å²) in [7, 11) is 0. The second kappa shape index (κ2) is 7.24. The highest BCUT2D eigenvalue weighted by Crippen LogP contribution is 2.34. The van der Waals surface area contributed by atoms with E-state index >= 15 is 0 Å². The minimum atomic E-state index is -0.616. The normalized spacial score (nSPS) is 25.9. The van der Waals surface area contributed by atoms with E-state index in [1.807, 2.05) is 12.1 Å². The van der Waals surface area contributed by atoms with Crippen LogP contribution in [0.5, 0.6) is 5.75 Å². The number of ether oxygens (including phenoxy) is 1. The number of rotatable bonds is 3. The third kappa shape index (κ3) is 4.01. The largest absolute Gasteiger partial charge is 0.489 e. The molecule has 0 unspecified atom stereocenters. The lowest BCUT2D eigenvalue weighted by Gasteiger charge is -2.53. The number of fused-ring (bicyclic) bond motifs is 1. The molecule has 3 heterocycles. The Kier molecular flexibility index (Phi) is 4.95. The third-order valence-electron chi connectivity index (χ3n) is 5.54. The minimum absolute atomic E-state index is 0.0205. The number of hydrogen-bond donors (Lipinski definition) is 0. The summed E-state index contributed by atoms with van der Waals surface area (Å²) in [6.07, 6.45) is 3.39. The van der Waals surface area contributed by atoms with Gasteiger partial charge in [0.15, 0.2) is 0 Å². The molecule has 2 saturated heterocycles. The maximum absolute atomic E-state index is 13.4. The van der Waals surface area contributed by atoms with Crippen LogP contribution in [0.4, 0.5) is 14.6 Å². The molecule has 4 nitrogen and oxygen atoms in total. The highest BCUT2D eigenvalue weighted by molar-refractivity contribution is 6.30. The molecular formula is C20H22ClF2N3O. The summed E-state index contributed by atoms with van der Waals surface area (Å²) in [5.74, 6) is -0.0385. The predicted molar refractivity (Wildman–Crippen MR) is 101 cm³/mol. The van der Waals surface area contributed by atoms with E-state index < -0.39 is 11.6 Å². The van der Waals surface area contributed by atoms with Gasteiger partial charge < -0.3 is 9.64 Å². The van der Waals surface area contributed by atoms with Crippen molar-refractivity contribution in [3.8, 4) is 5.75 Å². The molecule has 0 N–H and O–H groups in total. The number of nitrogens with zero attached hydrogens (tertiary/aromatic N) is 3. The molecule has 4 rings (SSSR count). The fourth-order valence-electron chi connectivity index (χ4n) is 4.10. The molecule has 7 heteroatoms. The van der Waals surface area contributed by atoms with Crippen LogP contribution in [-0.4, -0.2) is 47.7 Å². The van der Waals surface area contributed by atoms with E-state index in [9.17, 15) is 8.78 Å². The first-order chi connectivity index (χ1) is 12.9. The average Bonchev–Trinajstić information content (AvgIpc) is 2.61. The standard InChI is InChI=1S/C20H22ClF2N3O/c1-20-5-4-17(27-18-9-15(22)8-16(23)10-18)12-26(20)7-6-25(13-20)19-3-2-14(21)11-24-19/h2-3,8-11,17H,4-7,12-13H2,1H3/t17-,20+/m1/s1. The maximum Gasteiger partial charge on any atom is 0.129 e. The SMILES string of the molecule is C[C@@]12CC[C@@H](Oc3cc(F)cc(F)c3)CN1CCN(c1ccc(Cl)cn1)C2. The number of aromatic nitrogens is 1. The van der Waals surface area contributed by atoms with Crippen molar-refractivity contribution < 1.29 is 13.5 Å². The number of anilines is 1. The molecule has 0 spiro atoms. The predicted octanol–water partition coefficient (Wildman–Crippen LogP) is 4.14. The molecular weight excluding hydrogens is 372 g/mol. The van der Waals surface area contributed by atoms with E-state index in [0.717, 1.165) is 50.9 Å². The number of pyridine rings is 1. The van der Waals surface area contributed by atoms with Crippen molar-refractivity contribution >= 4 is 17.4 Å². The Morgan fingerprint density at radius 2 is 1.96 bits per heavy atom. The number of piperazine rings is 1. The molecule has 0 bridgehead atoms. The first kappa shape index (κ1) is 18.4. The molecule has 0 saturated carbocycles. The van der Waals surface area contributed by atoms with Crippen LogP contribution in [0.15, 0.2) is 36.5 Å². The number of benzene rings is 1. The lowest BCUT2D eigenvalue weighted by Crippen LogP contribution is -2.65. The van der Waals surface area contributed by atoms with Gasteiger partial charge in [-0.05, 0) is 31.9 Å². The Balaban J connectivity index is 1.42. The zero-order valence-electron chi connectivity index (χ0n) is 15.2. The summed E-state index contributed by atoms with van der Waals surface area (Å²) in [6.45, 7) is 5.64. The smallest absolute Gasteiger partial charge is 0.129 e. The van der Waals surface area contributed by atoms with Gasteiger partial charge >= 0.3 is 0 Å². The van der Waals surface area contributed by atoms with Crippen molar-refractivity contribution in [3.63, 3.8) is 0 Å². The Bertz CT molecular complexity index is 799. The molecule has 2 atom stereocenters. The van der Waals surface area contributed by atoms with Crippen molar-refractivity contribution in [2.75, 3.05) is 31.1 Å². The Morgan fingerprint density at radius 3 is 2.67 bits per heavy atom. The van der Waals surface area contributed by atoms with Crippen molar-refractivity contribution in [1.82, 2.24) is 9.88 Å². The van der Waals surface area contributed by atoms with Crippen LogP contribution in [0.3, 0.4) is 0 Å². The van der Waals surface area contributed by atoms with Crippen molar-refractivity contribution in [3.05, 3.63) is 53.2 Å². The quantitative estimate of drug-likeness (QED) is 0.783. The monoisotopic (exact) mass is 393 g/mol. The summed E-state index contributed by atoms with van der Waals surface area (Å²) in [4.78, 5) is 9.15. The van der Waals surface area contributed by atoms with Crippen LogP contribution in [0, 0.1) is 11.6 Å². The summed E-state index contributed by atoms with van der Waals surface area (Å²) >= 11 is 5.94. The summed E-state index contributed by atoms with van der Waals surface area (Å²) < 4.78 is 32.7. The minimum Gasteiger partial charge on any atom is -0.489 e. The molecule has 2 fully saturated rings. The fourth-order valence-corrected chi connectivity index (χ4v) is 4.21. The van der Waals surface area contributed by atoms with Gasteiger partial charge in [0.2, 0.25) is 0 Å². The van der Waals surface area contributed by atoms with Crippen molar-refractivity contribution in [2.24, 2.45) is 0 Å². The van der Waals surface area contributed by atoms with E-state index in [1.54, 1.807) is 6.20 Å². The molecule has 27 heavy (non-hydrogen) atoms. The highest BCUT2D eigenvalue weighted by Gasteiger charge is 2.42. The van der Waals surface area contributed by atoms with E-state index in [4.69, 9.17) is 16.3 Å². The van der Waals surface area contributed by atoms with E-state index in [2.05, 4.69) is 21.7 Å². The van der Waals surface area contributed by atoms with E-state index in [0.29, 0.717) is 5.02 Å². The maximum atomic E-state index is 13.4. The summed E-state index contributed by atoms with van der Waals surface area (Å²) in [5, 5.41) is 0.634. The van der Waals surface area contributed by atoms with Gasteiger partial charge in [-0.25, -0.2) is 13.8 Å².